The van der Waals surface area contributed by atoms with Crippen molar-refractivity contribution in [2.45, 2.75) is 71.5 Å². The van der Waals surface area contributed by atoms with Crippen molar-refractivity contribution in [3.05, 3.63) is 66.3 Å². The van der Waals surface area contributed by atoms with Crippen LogP contribution < -0.4 is 4.72 Å². The van der Waals surface area contributed by atoms with Gasteiger partial charge in [0.2, 0.25) is 10.0 Å². The Balaban J connectivity index is 1.54. The first-order chi connectivity index (χ1) is 18.1. The molecule has 0 bridgehead atoms. The Kier molecular flexibility index (Phi) is 11.5. The Morgan fingerprint density at radius 1 is 0.868 bits per heavy atom. The Morgan fingerprint density at radius 2 is 1.53 bits per heavy atom. The first-order valence-corrected chi connectivity index (χ1v) is 15.1. The van der Waals surface area contributed by atoms with Crippen LogP contribution in [-0.2, 0) is 23.1 Å². The molecule has 2 heterocycles. The maximum atomic E-state index is 12.9. The van der Waals surface area contributed by atoms with Crippen LogP contribution in [0.5, 0.6) is 0 Å². The number of hydrogen-bond donors (Lipinski definition) is 3. The van der Waals surface area contributed by atoms with Crippen LogP contribution in [-0.4, -0.2) is 64.3 Å². The van der Waals surface area contributed by atoms with E-state index < -0.39 is 10.0 Å². The second-order valence-corrected chi connectivity index (χ2v) is 12.7. The predicted octanol–water partition coefficient (Wildman–Crippen LogP) is 4.57. The summed E-state index contributed by atoms with van der Waals surface area (Å²) < 4.78 is 28.5. The average Bonchev–Trinajstić information content (AvgIpc) is 3.57. The van der Waals surface area contributed by atoms with Crippen LogP contribution >= 0.6 is 0 Å². The van der Waals surface area contributed by atoms with Gasteiger partial charge in [0.15, 0.2) is 0 Å². The maximum absolute atomic E-state index is 12.9. The summed E-state index contributed by atoms with van der Waals surface area (Å²) in [5.41, 5.74) is 1.02. The van der Waals surface area contributed by atoms with Gasteiger partial charge in [-0.1, -0.05) is 39.8 Å². The Labute approximate surface area is 228 Å². The molecule has 0 saturated carbocycles. The molecule has 0 aliphatic heterocycles. The van der Waals surface area contributed by atoms with Crippen molar-refractivity contribution < 1.29 is 8.42 Å². The summed E-state index contributed by atoms with van der Waals surface area (Å²) in [6.07, 6.45) is 8.90. The minimum Gasteiger partial charge on any atom is -0.348 e. The summed E-state index contributed by atoms with van der Waals surface area (Å²) in [5, 5.41) is 0. The second kappa shape index (κ2) is 14.6. The van der Waals surface area contributed by atoms with Crippen molar-refractivity contribution in [2.24, 2.45) is 11.8 Å². The van der Waals surface area contributed by atoms with Crippen molar-refractivity contribution >= 4 is 10.0 Å². The Hall–Kier alpha value is -2.53. The van der Waals surface area contributed by atoms with Gasteiger partial charge in [-0.15, -0.1) is 0 Å². The van der Waals surface area contributed by atoms with Gasteiger partial charge < -0.3 is 14.9 Å². The summed E-state index contributed by atoms with van der Waals surface area (Å²) in [6.45, 7) is 15.9. The Morgan fingerprint density at radius 3 is 2.11 bits per heavy atom. The third-order valence-corrected chi connectivity index (χ3v) is 7.91. The van der Waals surface area contributed by atoms with Crippen LogP contribution in [0.15, 0.2) is 53.9 Å². The van der Waals surface area contributed by atoms with E-state index in [9.17, 15) is 8.42 Å². The van der Waals surface area contributed by atoms with Crippen LogP contribution in [0.25, 0.3) is 0 Å². The highest BCUT2D eigenvalue weighted by molar-refractivity contribution is 7.89. The molecule has 1 aromatic carbocycles. The predicted molar refractivity (Wildman–Crippen MR) is 152 cm³/mol. The lowest BCUT2D eigenvalue weighted by atomic mass is 10.1. The molecule has 1 unspecified atom stereocenters. The monoisotopic (exact) mass is 543 g/mol. The highest BCUT2D eigenvalue weighted by Crippen LogP contribution is 2.22. The average molecular weight is 544 g/mol. The fraction of sp³-hybridized carbons (Fsp3) is 0.571. The number of benzene rings is 1. The number of aromatic nitrogens is 4. The number of aromatic amines is 2. The van der Waals surface area contributed by atoms with Gasteiger partial charge in [-0.05, 0) is 55.8 Å². The van der Waals surface area contributed by atoms with E-state index in [2.05, 4.69) is 69.1 Å². The molecular weight excluding hydrogens is 498 g/mol. The zero-order valence-electron chi connectivity index (χ0n) is 23.5. The van der Waals surface area contributed by atoms with E-state index in [1.54, 1.807) is 24.5 Å². The van der Waals surface area contributed by atoms with Crippen molar-refractivity contribution in [1.29, 1.82) is 0 Å². The van der Waals surface area contributed by atoms with Gasteiger partial charge in [-0.2, -0.15) is 0 Å². The molecule has 0 amide bonds. The Bertz CT molecular complexity index is 1130. The molecule has 3 aromatic rings. The van der Waals surface area contributed by atoms with Crippen molar-refractivity contribution in [3.8, 4) is 0 Å². The molecule has 0 spiro atoms. The molecule has 2 aromatic heterocycles. The van der Waals surface area contributed by atoms with Gasteiger partial charge in [0.1, 0.15) is 11.6 Å². The fourth-order valence-corrected chi connectivity index (χ4v) is 5.71. The smallest absolute Gasteiger partial charge is 0.240 e. The quantitative estimate of drug-likeness (QED) is 0.215. The number of rotatable bonds is 17. The van der Waals surface area contributed by atoms with E-state index in [0.29, 0.717) is 36.4 Å². The van der Waals surface area contributed by atoms with Gasteiger partial charge in [0.25, 0.3) is 0 Å². The lowest BCUT2D eigenvalue weighted by Gasteiger charge is -2.27. The lowest BCUT2D eigenvalue weighted by molar-refractivity contribution is 0.181. The third-order valence-electron chi connectivity index (χ3n) is 6.43. The lowest BCUT2D eigenvalue weighted by Crippen LogP contribution is -2.33. The van der Waals surface area contributed by atoms with E-state index in [-0.39, 0.29) is 6.04 Å². The largest absolute Gasteiger partial charge is 0.348 e. The second-order valence-electron chi connectivity index (χ2n) is 10.9. The number of imidazole rings is 2. The van der Waals surface area contributed by atoms with E-state index in [4.69, 9.17) is 0 Å². The first kappa shape index (κ1) is 30.0. The third kappa shape index (κ3) is 9.65. The minimum absolute atomic E-state index is 0.0252. The van der Waals surface area contributed by atoms with Crippen molar-refractivity contribution in [1.82, 2.24) is 34.5 Å². The molecule has 10 heteroatoms. The van der Waals surface area contributed by atoms with Crippen LogP contribution in [0, 0.1) is 11.8 Å². The van der Waals surface area contributed by atoms with E-state index >= 15 is 0 Å². The molecule has 0 saturated heterocycles. The summed E-state index contributed by atoms with van der Waals surface area (Å²) in [4.78, 5) is 20.1. The van der Waals surface area contributed by atoms with Gasteiger partial charge >= 0.3 is 0 Å². The van der Waals surface area contributed by atoms with Crippen LogP contribution in [0.4, 0.5) is 0 Å². The van der Waals surface area contributed by atoms with E-state index in [1.165, 1.54) is 0 Å². The number of nitrogens with zero attached hydrogens (tertiary/aromatic N) is 4. The minimum atomic E-state index is -3.54. The molecule has 210 valence electrons. The molecular formula is C28H45N7O2S. The molecule has 0 aliphatic rings. The fourth-order valence-electron chi connectivity index (χ4n) is 4.63. The topological polar surface area (TPSA) is 110 Å². The molecule has 0 fully saturated rings. The molecule has 0 aliphatic carbocycles. The zero-order chi connectivity index (χ0) is 27.5. The normalized spacial score (nSPS) is 13.3. The SMILES string of the molecule is CC(C)CN(CCCCNS(=O)(=O)c1ccc(CN(Cc2ncc[nH]2)C(C)c2ncc[nH]2)cc1)CC(C)C. The van der Waals surface area contributed by atoms with Crippen LogP contribution in [0.1, 0.15) is 70.7 Å². The highest BCUT2D eigenvalue weighted by atomic mass is 32.2. The highest BCUT2D eigenvalue weighted by Gasteiger charge is 2.20. The number of H-pyrrole nitrogens is 2. The number of unbranched alkanes of at least 4 members (excludes halogenated alkanes) is 1. The number of sulfonamides is 1. The van der Waals surface area contributed by atoms with Gasteiger partial charge in [-0.3, -0.25) is 4.90 Å². The molecule has 1 atom stereocenters. The first-order valence-electron chi connectivity index (χ1n) is 13.7. The molecule has 38 heavy (non-hydrogen) atoms. The summed E-state index contributed by atoms with van der Waals surface area (Å²) in [5.74, 6) is 2.99. The van der Waals surface area contributed by atoms with Crippen molar-refractivity contribution in [3.63, 3.8) is 0 Å². The zero-order valence-corrected chi connectivity index (χ0v) is 24.3. The van der Waals surface area contributed by atoms with Crippen LogP contribution in [0.3, 0.4) is 0 Å². The summed E-state index contributed by atoms with van der Waals surface area (Å²) >= 11 is 0. The number of hydrogen-bond acceptors (Lipinski definition) is 6. The summed E-state index contributed by atoms with van der Waals surface area (Å²) in [7, 11) is -3.54. The van der Waals surface area contributed by atoms with E-state index in [1.807, 2.05) is 24.5 Å². The maximum Gasteiger partial charge on any atom is 0.240 e. The summed E-state index contributed by atoms with van der Waals surface area (Å²) in [6, 6.07) is 7.17. The van der Waals surface area contributed by atoms with Gasteiger partial charge in [0.05, 0.1) is 17.5 Å². The molecule has 3 N–H and O–H groups in total. The van der Waals surface area contributed by atoms with E-state index in [0.717, 1.165) is 49.7 Å². The van der Waals surface area contributed by atoms with Crippen molar-refractivity contribution in [2.75, 3.05) is 26.2 Å². The standard InChI is InChI=1S/C28H45N7O2S/c1-22(2)18-34(19-23(3)4)17-7-6-12-33-38(36,37)26-10-8-25(9-11-26)20-35(21-27-29-13-14-30-27)24(5)28-31-15-16-32-28/h8-11,13-16,22-24,33H,6-7,12,17-21H2,1-5H3,(H,29,30)(H,31,32). The van der Waals surface area contributed by atoms with Gasteiger partial charge in [-0.25, -0.2) is 23.1 Å². The molecule has 0 radical (unpaired) electrons. The van der Waals surface area contributed by atoms with Gasteiger partial charge in [0, 0.05) is 51.0 Å². The molecule has 9 nitrogen and oxygen atoms in total. The van der Waals surface area contributed by atoms with Crippen LogP contribution in [0.2, 0.25) is 0 Å². The number of nitrogens with one attached hydrogen (secondary N) is 3. The molecule has 3 rings (SSSR count).